The summed E-state index contributed by atoms with van der Waals surface area (Å²) in [6.07, 6.45) is 1.15. The first-order valence-corrected chi connectivity index (χ1v) is 5.53. The number of halogens is 1. The molecule has 70 valence electrons. The molecule has 0 atom stereocenters. The van der Waals surface area contributed by atoms with E-state index >= 15 is 0 Å². The number of hydrogen-bond acceptors (Lipinski definition) is 2. The summed E-state index contributed by atoms with van der Waals surface area (Å²) in [5.41, 5.74) is 0.558. The molecule has 0 spiro atoms. The highest BCUT2D eigenvalue weighted by Gasteiger charge is 2.00. The molecule has 0 fully saturated rings. The van der Waals surface area contributed by atoms with Gasteiger partial charge in [-0.1, -0.05) is 6.92 Å². The minimum Gasteiger partial charge on any atom is -0.276 e. The largest absolute Gasteiger partial charge is 0.276 e. The van der Waals surface area contributed by atoms with Crippen LogP contribution >= 0.6 is 23.4 Å². The van der Waals surface area contributed by atoms with Gasteiger partial charge in [-0.05, 0) is 48.0 Å². The molecule has 1 nitrogen and oxygen atoms in total. The Labute approximate surface area is 87.5 Å². The molecule has 0 aromatic heterocycles. The van der Waals surface area contributed by atoms with Gasteiger partial charge in [0.25, 0.3) is 5.24 Å². The standard InChI is InChI=1S/C10H11ClOS/c1-2-7-13-9-5-3-8(4-6-9)10(11)12/h3-6H,2,7H2,1H3. The average molecular weight is 215 g/mol. The van der Waals surface area contributed by atoms with Crippen LogP contribution in [0.25, 0.3) is 0 Å². The molecule has 13 heavy (non-hydrogen) atoms. The molecule has 0 saturated carbocycles. The first-order chi connectivity index (χ1) is 6.24. The molecule has 1 aromatic rings. The summed E-state index contributed by atoms with van der Waals surface area (Å²) >= 11 is 7.10. The zero-order valence-corrected chi connectivity index (χ0v) is 8.99. The predicted octanol–water partition coefficient (Wildman–Crippen LogP) is 3.57. The highest BCUT2D eigenvalue weighted by Crippen LogP contribution is 2.19. The SMILES string of the molecule is CCCSc1ccc(C(=O)Cl)cc1. The van der Waals surface area contributed by atoms with Crippen molar-refractivity contribution >= 4 is 28.6 Å². The van der Waals surface area contributed by atoms with Gasteiger partial charge in [0, 0.05) is 10.5 Å². The summed E-state index contributed by atoms with van der Waals surface area (Å²) in [5, 5.41) is -0.396. The van der Waals surface area contributed by atoms with E-state index in [2.05, 4.69) is 6.92 Å². The molecule has 1 aromatic carbocycles. The van der Waals surface area contributed by atoms with Crippen LogP contribution in [-0.4, -0.2) is 11.0 Å². The maximum absolute atomic E-state index is 10.7. The summed E-state index contributed by atoms with van der Waals surface area (Å²) in [6.45, 7) is 2.14. The monoisotopic (exact) mass is 214 g/mol. The van der Waals surface area contributed by atoms with Crippen molar-refractivity contribution in [1.29, 1.82) is 0 Å². The third kappa shape index (κ3) is 3.41. The first-order valence-electron chi connectivity index (χ1n) is 4.16. The van der Waals surface area contributed by atoms with Crippen LogP contribution < -0.4 is 0 Å². The van der Waals surface area contributed by atoms with Gasteiger partial charge in [-0.2, -0.15) is 0 Å². The van der Waals surface area contributed by atoms with Crippen molar-refractivity contribution in [1.82, 2.24) is 0 Å². The van der Waals surface area contributed by atoms with E-state index in [4.69, 9.17) is 11.6 Å². The highest BCUT2D eigenvalue weighted by atomic mass is 35.5. The number of thioether (sulfide) groups is 1. The van der Waals surface area contributed by atoms with Crippen molar-refractivity contribution in [2.75, 3.05) is 5.75 Å². The van der Waals surface area contributed by atoms with E-state index in [0.717, 1.165) is 12.2 Å². The van der Waals surface area contributed by atoms with Crippen molar-refractivity contribution in [3.8, 4) is 0 Å². The van der Waals surface area contributed by atoms with Gasteiger partial charge < -0.3 is 0 Å². The van der Waals surface area contributed by atoms with Crippen LogP contribution in [0.3, 0.4) is 0 Å². The second kappa shape index (κ2) is 5.30. The van der Waals surface area contributed by atoms with Gasteiger partial charge in [-0.3, -0.25) is 4.79 Å². The van der Waals surface area contributed by atoms with E-state index in [1.807, 2.05) is 12.1 Å². The van der Waals surface area contributed by atoms with Crippen molar-refractivity contribution in [3.63, 3.8) is 0 Å². The fourth-order valence-corrected chi connectivity index (χ4v) is 1.80. The van der Waals surface area contributed by atoms with Crippen LogP contribution in [-0.2, 0) is 0 Å². The summed E-state index contributed by atoms with van der Waals surface area (Å²) in [7, 11) is 0. The van der Waals surface area contributed by atoms with E-state index in [0.29, 0.717) is 5.56 Å². The molecule has 0 radical (unpaired) electrons. The van der Waals surface area contributed by atoms with Crippen LogP contribution in [0.2, 0.25) is 0 Å². The predicted molar refractivity (Wildman–Crippen MR) is 57.6 cm³/mol. The van der Waals surface area contributed by atoms with Crippen molar-refractivity contribution in [2.45, 2.75) is 18.2 Å². The lowest BCUT2D eigenvalue weighted by molar-refractivity contribution is 0.108. The molecule has 0 aliphatic carbocycles. The normalized spacial score (nSPS) is 10.0. The molecule has 0 amide bonds. The number of rotatable bonds is 4. The molecule has 0 aliphatic heterocycles. The Bertz CT molecular complexity index is 281. The third-order valence-corrected chi connectivity index (χ3v) is 2.99. The van der Waals surface area contributed by atoms with Gasteiger partial charge in [0.1, 0.15) is 0 Å². The fraction of sp³-hybridized carbons (Fsp3) is 0.300. The van der Waals surface area contributed by atoms with E-state index in [-0.39, 0.29) is 0 Å². The topological polar surface area (TPSA) is 17.1 Å². The van der Waals surface area contributed by atoms with E-state index < -0.39 is 5.24 Å². The Morgan fingerprint density at radius 1 is 1.38 bits per heavy atom. The Morgan fingerprint density at radius 2 is 2.00 bits per heavy atom. The minimum atomic E-state index is -0.396. The molecule has 0 saturated heterocycles. The molecule has 1 rings (SSSR count). The second-order valence-corrected chi connectivity index (χ2v) is 4.16. The van der Waals surface area contributed by atoms with Crippen LogP contribution in [0.15, 0.2) is 29.2 Å². The summed E-state index contributed by atoms with van der Waals surface area (Å²) in [5.74, 6) is 1.11. The molecule has 0 unspecified atom stereocenters. The highest BCUT2D eigenvalue weighted by molar-refractivity contribution is 7.99. The smallest absolute Gasteiger partial charge is 0.252 e. The number of carbonyl (C=O) groups excluding carboxylic acids is 1. The van der Waals surface area contributed by atoms with E-state index in [1.165, 1.54) is 4.90 Å². The fourth-order valence-electron chi connectivity index (χ4n) is 0.902. The van der Waals surface area contributed by atoms with Crippen molar-refractivity contribution in [3.05, 3.63) is 29.8 Å². The van der Waals surface area contributed by atoms with Gasteiger partial charge in [-0.15, -0.1) is 11.8 Å². The second-order valence-electron chi connectivity index (χ2n) is 2.65. The average Bonchev–Trinajstić information content (AvgIpc) is 2.15. The minimum absolute atomic E-state index is 0.396. The molecule has 0 bridgehead atoms. The van der Waals surface area contributed by atoms with Gasteiger partial charge >= 0.3 is 0 Å². The Hall–Kier alpha value is -0.470. The maximum Gasteiger partial charge on any atom is 0.252 e. The van der Waals surface area contributed by atoms with Gasteiger partial charge in [-0.25, -0.2) is 0 Å². The molecular weight excluding hydrogens is 204 g/mol. The van der Waals surface area contributed by atoms with E-state index in [1.54, 1.807) is 23.9 Å². The van der Waals surface area contributed by atoms with Gasteiger partial charge in [0.15, 0.2) is 0 Å². The first kappa shape index (κ1) is 10.6. The number of benzene rings is 1. The summed E-state index contributed by atoms with van der Waals surface area (Å²) in [4.78, 5) is 11.9. The molecule has 0 heterocycles. The van der Waals surface area contributed by atoms with Crippen LogP contribution in [0, 0.1) is 0 Å². The Morgan fingerprint density at radius 3 is 2.46 bits per heavy atom. The van der Waals surface area contributed by atoms with Crippen LogP contribution in [0.1, 0.15) is 23.7 Å². The van der Waals surface area contributed by atoms with Crippen LogP contribution in [0.4, 0.5) is 0 Å². The van der Waals surface area contributed by atoms with Crippen molar-refractivity contribution in [2.24, 2.45) is 0 Å². The zero-order valence-electron chi connectivity index (χ0n) is 7.42. The molecule has 0 aliphatic rings. The molecule has 3 heteroatoms. The quantitative estimate of drug-likeness (QED) is 0.563. The summed E-state index contributed by atoms with van der Waals surface area (Å²) < 4.78 is 0. The summed E-state index contributed by atoms with van der Waals surface area (Å²) in [6, 6.07) is 7.37. The lowest BCUT2D eigenvalue weighted by Gasteiger charge is -1.99. The lowest BCUT2D eigenvalue weighted by atomic mass is 10.2. The molecular formula is C10H11ClOS. The Kier molecular flexibility index (Phi) is 4.33. The number of carbonyl (C=O) groups is 1. The Balaban J connectivity index is 2.64. The van der Waals surface area contributed by atoms with Gasteiger partial charge in [0.05, 0.1) is 0 Å². The maximum atomic E-state index is 10.7. The van der Waals surface area contributed by atoms with Gasteiger partial charge in [0.2, 0.25) is 0 Å². The zero-order chi connectivity index (χ0) is 9.68. The lowest BCUT2D eigenvalue weighted by Crippen LogP contribution is -1.87. The molecule has 0 N–H and O–H groups in total. The number of hydrogen-bond donors (Lipinski definition) is 0. The van der Waals surface area contributed by atoms with Crippen molar-refractivity contribution < 1.29 is 4.79 Å². The van der Waals surface area contributed by atoms with E-state index in [9.17, 15) is 4.79 Å². The van der Waals surface area contributed by atoms with Crippen LogP contribution in [0.5, 0.6) is 0 Å². The third-order valence-electron chi connectivity index (χ3n) is 1.55.